The van der Waals surface area contributed by atoms with Crippen LogP contribution in [0.25, 0.3) is 0 Å². The largest absolute Gasteiger partial charge is 0.478 e. The van der Waals surface area contributed by atoms with Crippen molar-refractivity contribution >= 4 is 23.4 Å². The van der Waals surface area contributed by atoms with Crippen LogP contribution in [0, 0.1) is 18.3 Å². The first kappa shape index (κ1) is 16.7. The SMILES string of the molecule is Cc1cccc(N/C=C(/C#N)C(=O)Nc2cccc(C(=O)O)c2)n1. The first-order valence-corrected chi connectivity index (χ1v) is 6.95. The van der Waals surface area contributed by atoms with Crippen LogP contribution in [0.5, 0.6) is 0 Å². The van der Waals surface area contributed by atoms with Gasteiger partial charge in [0.15, 0.2) is 0 Å². The van der Waals surface area contributed by atoms with Crippen LogP contribution in [-0.2, 0) is 4.79 Å². The van der Waals surface area contributed by atoms with Gasteiger partial charge in [0.05, 0.1) is 5.56 Å². The minimum atomic E-state index is -1.10. The maximum absolute atomic E-state index is 12.1. The van der Waals surface area contributed by atoms with Crippen molar-refractivity contribution in [3.05, 3.63) is 65.5 Å². The molecule has 1 heterocycles. The average molecular weight is 322 g/mol. The van der Waals surface area contributed by atoms with Gasteiger partial charge in [-0.2, -0.15) is 5.26 Å². The number of nitrogens with zero attached hydrogens (tertiary/aromatic N) is 2. The number of rotatable bonds is 5. The normalized spacial score (nSPS) is 10.6. The molecule has 7 nitrogen and oxygen atoms in total. The number of aryl methyl sites for hydroxylation is 1. The Balaban J connectivity index is 2.11. The zero-order valence-corrected chi connectivity index (χ0v) is 12.8. The molecule has 120 valence electrons. The highest BCUT2D eigenvalue weighted by atomic mass is 16.4. The molecule has 0 aliphatic heterocycles. The van der Waals surface area contributed by atoms with Crippen LogP contribution in [0.3, 0.4) is 0 Å². The molecule has 1 amide bonds. The molecule has 0 fully saturated rings. The summed E-state index contributed by atoms with van der Waals surface area (Å²) >= 11 is 0. The summed E-state index contributed by atoms with van der Waals surface area (Å²) in [5.74, 6) is -1.25. The molecule has 7 heteroatoms. The molecule has 2 rings (SSSR count). The minimum absolute atomic E-state index is 0.0392. The number of nitrogens with one attached hydrogen (secondary N) is 2. The Morgan fingerprint density at radius 2 is 2.00 bits per heavy atom. The first-order valence-electron chi connectivity index (χ1n) is 6.95. The summed E-state index contributed by atoms with van der Waals surface area (Å²) in [6, 6.07) is 12.9. The quantitative estimate of drug-likeness (QED) is 0.575. The number of carboxylic acid groups (broad SMARTS) is 1. The lowest BCUT2D eigenvalue weighted by Crippen LogP contribution is -2.15. The zero-order chi connectivity index (χ0) is 17.5. The molecule has 0 saturated heterocycles. The molecule has 0 unspecified atom stereocenters. The summed E-state index contributed by atoms with van der Waals surface area (Å²) in [6.07, 6.45) is 1.25. The Morgan fingerprint density at radius 3 is 2.67 bits per heavy atom. The van der Waals surface area contributed by atoms with E-state index < -0.39 is 11.9 Å². The first-order chi connectivity index (χ1) is 11.5. The number of amides is 1. The van der Waals surface area contributed by atoms with Crippen LogP contribution in [0.15, 0.2) is 54.2 Å². The van der Waals surface area contributed by atoms with E-state index in [1.54, 1.807) is 18.2 Å². The zero-order valence-electron chi connectivity index (χ0n) is 12.8. The van der Waals surface area contributed by atoms with E-state index in [0.29, 0.717) is 5.82 Å². The number of pyridine rings is 1. The monoisotopic (exact) mass is 322 g/mol. The van der Waals surface area contributed by atoms with E-state index in [0.717, 1.165) is 5.69 Å². The molecule has 0 radical (unpaired) electrons. The smallest absolute Gasteiger partial charge is 0.335 e. The Morgan fingerprint density at radius 1 is 1.25 bits per heavy atom. The minimum Gasteiger partial charge on any atom is -0.478 e. The number of benzene rings is 1. The highest BCUT2D eigenvalue weighted by molar-refractivity contribution is 6.07. The maximum atomic E-state index is 12.1. The molecule has 0 aliphatic rings. The Kier molecular flexibility index (Phi) is 5.26. The summed E-state index contributed by atoms with van der Waals surface area (Å²) in [6.45, 7) is 1.82. The van der Waals surface area contributed by atoms with Gasteiger partial charge >= 0.3 is 5.97 Å². The van der Waals surface area contributed by atoms with Crippen LogP contribution >= 0.6 is 0 Å². The molecular weight excluding hydrogens is 308 g/mol. The molecule has 0 aliphatic carbocycles. The molecule has 2 aromatic rings. The van der Waals surface area contributed by atoms with Gasteiger partial charge in [0, 0.05) is 17.6 Å². The van der Waals surface area contributed by atoms with Crippen molar-refractivity contribution < 1.29 is 14.7 Å². The molecule has 0 atom stereocenters. The second-order valence-corrected chi connectivity index (χ2v) is 4.82. The third kappa shape index (κ3) is 4.42. The van der Waals surface area contributed by atoms with Crippen LogP contribution in [-0.4, -0.2) is 22.0 Å². The number of nitriles is 1. The van der Waals surface area contributed by atoms with Gasteiger partial charge in [0.1, 0.15) is 17.5 Å². The number of aromatic nitrogens is 1. The second-order valence-electron chi connectivity index (χ2n) is 4.82. The molecular formula is C17H14N4O3. The van der Waals surface area contributed by atoms with E-state index in [1.807, 2.05) is 13.0 Å². The summed E-state index contributed by atoms with van der Waals surface area (Å²) in [7, 11) is 0. The predicted octanol–water partition coefficient (Wildman–Crippen LogP) is 2.55. The van der Waals surface area contributed by atoms with Gasteiger partial charge in [0.25, 0.3) is 5.91 Å². The average Bonchev–Trinajstić information content (AvgIpc) is 2.55. The Labute approximate surface area is 138 Å². The van der Waals surface area contributed by atoms with Gasteiger partial charge in [-0.1, -0.05) is 12.1 Å². The predicted molar refractivity (Wildman–Crippen MR) is 88.3 cm³/mol. The number of carbonyl (C=O) groups excluding carboxylic acids is 1. The molecule has 1 aromatic heterocycles. The molecule has 0 bridgehead atoms. The Bertz CT molecular complexity index is 853. The van der Waals surface area contributed by atoms with Crippen LogP contribution < -0.4 is 10.6 Å². The van der Waals surface area contributed by atoms with E-state index in [1.165, 1.54) is 30.5 Å². The van der Waals surface area contributed by atoms with Crippen LogP contribution in [0.4, 0.5) is 11.5 Å². The van der Waals surface area contributed by atoms with Crippen LogP contribution in [0.2, 0.25) is 0 Å². The third-order valence-electron chi connectivity index (χ3n) is 2.99. The fraction of sp³-hybridized carbons (Fsp3) is 0.0588. The highest BCUT2D eigenvalue weighted by Gasteiger charge is 2.11. The molecule has 24 heavy (non-hydrogen) atoms. The second kappa shape index (κ2) is 7.56. The van der Waals surface area contributed by atoms with Crippen LogP contribution in [0.1, 0.15) is 16.1 Å². The molecule has 3 N–H and O–H groups in total. The topological polar surface area (TPSA) is 115 Å². The number of anilines is 2. The standard InChI is InChI=1S/C17H14N4O3/c1-11-4-2-7-15(20-11)19-10-13(9-18)16(22)21-14-6-3-5-12(8-14)17(23)24/h2-8,10H,1H3,(H,19,20)(H,21,22)(H,23,24)/b13-10-. The van der Waals surface area contributed by atoms with Gasteiger partial charge in [-0.05, 0) is 37.3 Å². The summed E-state index contributed by atoms with van der Waals surface area (Å²) in [4.78, 5) is 27.2. The van der Waals surface area contributed by atoms with E-state index >= 15 is 0 Å². The summed E-state index contributed by atoms with van der Waals surface area (Å²) < 4.78 is 0. The van der Waals surface area contributed by atoms with E-state index in [4.69, 9.17) is 10.4 Å². The van der Waals surface area contributed by atoms with Gasteiger partial charge in [-0.3, -0.25) is 4.79 Å². The molecule has 0 saturated carbocycles. The lowest BCUT2D eigenvalue weighted by Gasteiger charge is -2.06. The number of carboxylic acids is 1. The van der Waals surface area contributed by atoms with Crippen molar-refractivity contribution in [2.45, 2.75) is 6.92 Å². The lowest BCUT2D eigenvalue weighted by molar-refractivity contribution is -0.112. The lowest BCUT2D eigenvalue weighted by atomic mass is 10.2. The van der Waals surface area contributed by atoms with Gasteiger partial charge in [0.2, 0.25) is 0 Å². The summed E-state index contributed by atoms with van der Waals surface area (Å²) in [5.41, 5.74) is 0.952. The van der Waals surface area contributed by atoms with Crippen molar-refractivity contribution in [2.24, 2.45) is 0 Å². The fourth-order valence-electron chi connectivity index (χ4n) is 1.85. The fourth-order valence-corrected chi connectivity index (χ4v) is 1.85. The van der Waals surface area contributed by atoms with Crippen molar-refractivity contribution in [3.63, 3.8) is 0 Å². The number of hydrogen-bond donors (Lipinski definition) is 3. The molecule has 1 aromatic carbocycles. The van der Waals surface area contributed by atoms with Crippen molar-refractivity contribution in [1.29, 1.82) is 5.26 Å². The molecule has 0 spiro atoms. The van der Waals surface area contributed by atoms with Crippen molar-refractivity contribution in [1.82, 2.24) is 4.98 Å². The van der Waals surface area contributed by atoms with E-state index in [2.05, 4.69) is 15.6 Å². The van der Waals surface area contributed by atoms with Crippen molar-refractivity contribution in [3.8, 4) is 6.07 Å². The number of aromatic carboxylic acids is 1. The Hall–Kier alpha value is -3.66. The summed E-state index contributed by atoms with van der Waals surface area (Å²) in [5, 5.41) is 23.3. The van der Waals surface area contributed by atoms with E-state index in [9.17, 15) is 9.59 Å². The maximum Gasteiger partial charge on any atom is 0.335 e. The van der Waals surface area contributed by atoms with Gasteiger partial charge < -0.3 is 15.7 Å². The van der Waals surface area contributed by atoms with E-state index in [-0.39, 0.29) is 16.8 Å². The number of carbonyl (C=O) groups is 2. The highest BCUT2D eigenvalue weighted by Crippen LogP contribution is 2.12. The third-order valence-corrected chi connectivity index (χ3v) is 2.99. The van der Waals surface area contributed by atoms with Crippen molar-refractivity contribution in [2.75, 3.05) is 10.6 Å². The van der Waals surface area contributed by atoms with Gasteiger partial charge in [-0.25, -0.2) is 9.78 Å². The number of hydrogen-bond acceptors (Lipinski definition) is 5. The van der Waals surface area contributed by atoms with Gasteiger partial charge in [-0.15, -0.1) is 0 Å².